The Morgan fingerprint density at radius 2 is 1.65 bits per heavy atom. The van der Waals surface area contributed by atoms with Crippen molar-refractivity contribution in [3.05, 3.63) is 65.2 Å². The summed E-state index contributed by atoms with van der Waals surface area (Å²) in [6.45, 7) is 5.68. The third-order valence-corrected chi connectivity index (χ3v) is 7.21. The number of carbonyl (C=O) groups excluding carboxylic acids is 2. The van der Waals surface area contributed by atoms with Gasteiger partial charge in [-0.25, -0.2) is 4.31 Å². The summed E-state index contributed by atoms with van der Waals surface area (Å²) in [5, 5.41) is 3.35. The van der Waals surface area contributed by atoms with E-state index in [1.807, 2.05) is 13.8 Å². The molecule has 2 rings (SSSR count). The van der Waals surface area contributed by atoms with Gasteiger partial charge in [0.25, 0.3) is 0 Å². The number of amides is 2. The van der Waals surface area contributed by atoms with Gasteiger partial charge in [-0.1, -0.05) is 55.8 Å². The zero-order chi connectivity index (χ0) is 25.5. The second kappa shape index (κ2) is 12.2. The van der Waals surface area contributed by atoms with Crippen LogP contribution in [0.2, 0.25) is 5.02 Å². The van der Waals surface area contributed by atoms with E-state index in [1.54, 1.807) is 61.5 Å². The molecule has 0 aliphatic heterocycles. The van der Waals surface area contributed by atoms with Crippen molar-refractivity contribution in [3.63, 3.8) is 0 Å². The van der Waals surface area contributed by atoms with Crippen molar-refractivity contribution in [2.75, 3.05) is 31.5 Å². The summed E-state index contributed by atoms with van der Waals surface area (Å²) in [6, 6.07) is 14.6. The number of para-hydroxylation sites is 1. The molecule has 8 nitrogen and oxygen atoms in total. The highest BCUT2D eigenvalue weighted by molar-refractivity contribution is 7.90. The number of benzene rings is 2. The van der Waals surface area contributed by atoms with Gasteiger partial charge in [-0.3, -0.25) is 9.59 Å². The van der Waals surface area contributed by atoms with E-state index in [9.17, 15) is 18.0 Å². The van der Waals surface area contributed by atoms with Gasteiger partial charge in [0, 0.05) is 32.2 Å². The van der Waals surface area contributed by atoms with Crippen molar-refractivity contribution < 1.29 is 18.0 Å². The van der Waals surface area contributed by atoms with Gasteiger partial charge in [0.1, 0.15) is 12.6 Å². The van der Waals surface area contributed by atoms with Crippen LogP contribution in [-0.4, -0.2) is 62.7 Å². The van der Waals surface area contributed by atoms with Crippen LogP contribution in [0.15, 0.2) is 54.6 Å². The van der Waals surface area contributed by atoms with Crippen LogP contribution >= 0.6 is 11.6 Å². The second-order valence-corrected chi connectivity index (χ2v) is 11.1. The molecule has 10 heteroatoms. The molecule has 0 bridgehead atoms. The summed E-state index contributed by atoms with van der Waals surface area (Å²) in [7, 11) is -1.16. The van der Waals surface area contributed by atoms with Gasteiger partial charge in [0.05, 0.1) is 5.69 Å². The van der Waals surface area contributed by atoms with E-state index >= 15 is 0 Å². The van der Waals surface area contributed by atoms with E-state index < -0.39 is 28.7 Å². The number of hydrogen-bond acceptors (Lipinski definition) is 4. The lowest BCUT2D eigenvalue weighted by atomic mass is 10.1. The molecule has 1 N–H and O–H groups in total. The standard InChI is InChI=1S/C24H33ClN4O4S/c1-18(2)15-26-24(31)19(3)28(16-20-10-9-11-21(25)14-20)23(30)17-29(34(32,33)27(4)5)22-12-7-6-8-13-22/h6-14,18-19H,15-17H2,1-5H3,(H,26,31)/t19-/m0/s1. The summed E-state index contributed by atoms with van der Waals surface area (Å²) in [5.74, 6) is -0.584. The Hall–Kier alpha value is -2.62. The third-order valence-electron chi connectivity index (χ3n) is 5.16. The van der Waals surface area contributed by atoms with Gasteiger partial charge < -0.3 is 10.2 Å². The van der Waals surface area contributed by atoms with Gasteiger partial charge in [0.15, 0.2) is 0 Å². The zero-order valence-corrected chi connectivity index (χ0v) is 21.8. The monoisotopic (exact) mass is 508 g/mol. The van der Waals surface area contributed by atoms with E-state index in [-0.39, 0.29) is 18.4 Å². The maximum Gasteiger partial charge on any atom is 0.304 e. The normalized spacial score (nSPS) is 12.5. The average molecular weight is 509 g/mol. The van der Waals surface area contributed by atoms with Crippen LogP contribution in [-0.2, 0) is 26.3 Å². The van der Waals surface area contributed by atoms with Crippen LogP contribution in [0.3, 0.4) is 0 Å². The van der Waals surface area contributed by atoms with Crippen LogP contribution < -0.4 is 9.62 Å². The highest BCUT2D eigenvalue weighted by Crippen LogP contribution is 2.21. The molecule has 2 aromatic rings. The molecule has 1 atom stereocenters. The van der Waals surface area contributed by atoms with Crippen molar-refractivity contribution in [1.82, 2.24) is 14.5 Å². The molecular formula is C24H33ClN4O4S. The summed E-state index contributed by atoms with van der Waals surface area (Å²) in [5.41, 5.74) is 1.08. The minimum absolute atomic E-state index is 0.0975. The Morgan fingerprint density at radius 3 is 2.21 bits per heavy atom. The molecule has 0 unspecified atom stereocenters. The fourth-order valence-electron chi connectivity index (χ4n) is 3.18. The largest absolute Gasteiger partial charge is 0.354 e. The van der Waals surface area contributed by atoms with Crippen molar-refractivity contribution in [1.29, 1.82) is 0 Å². The Bertz CT molecular complexity index is 1080. The third kappa shape index (κ3) is 7.44. The maximum absolute atomic E-state index is 13.6. The van der Waals surface area contributed by atoms with Crippen molar-refractivity contribution in [2.45, 2.75) is 33.4 Å². The number of nitrogens with zero attached hydrogens (tertiary/aromatic N) is 3. The van der Waals surface area contributed by atoms with Crippen LogP contribution in [0.1, 0.15) is 26.3 Å². The van der Waals surface area contributed by atoms with Crippen LogP contribution in [0.5, 0.6) is 0 Å². The predicted molar refractivity (Wildman–Crippen MR) is 136 cm³/mol. The molecule has 0 saturated heterocycles. The lowest BCUT2D eigenvalue weighted by Gasteiger charge is -2.33. The quantitative estimate of drug-likeness (QED) is 0.505. The van der Waals surface area contributed by atoms with Gasteiger partial charge in [-0.15, -0.1) is 0 Å². The summed E-state index contributed by atoms with van der Waals surface area (Å²) < 4.78 is 28.2. The van der Waals surface area contributed by atoms with E-state index in [4.69, 9.17) is 11.6 Å². The van der Waals surface area contributed by atoms with Crippen molar-refractivity contribution in [3.8, 4) is 0 Å². The molecule has 0 saturated carbocycles. The Labute approximate surface area is 207 Å². The molecule has 2 amide bonds. The molecule has 34 heavy (non-hydrogen) atoms. The van der Waals surface area contributed by atoms with Gasteiger partial charge in [-0.2, -0.15) is 12.7 Å². The van der Waals surface area contributed by atoms with Gasteiger partial charge in [0.2, 0.25) is 11.8 Å². The summed E-state index contributed by atoms with van der Waals surface area (Å²) in [4.78, 5) is 27.8. The molecule has 0 fully saturated rings. The maximum atomic E-state index is 13.6. The first kappa shape index (κ1) is 27.6. The Morgan fingerprint density at radius 1 is 1.00 bits per heavy atom. The first-order valence-corrected chi connectivity index (χ1v) is 12.8. The van der Waals surface area contributed by atoms with Gasteiger partial charge in [-0.05, 0) is 42.7 Å². The van der Waals surface area contributed by atoms with Crippen LogP contribution in [0.25, 0.3) is 0 Å². The highest BCUT2D eigenvalue weighted by Gasteiger charge is 2.32. The summed E-state index contributed by atoms with van der Waals surface area (Å²) in [6.07, 6.45) is 0. The molecule has 0 radical (unpaired) electrons. The fraction of sp³-hybridized carbons (Fsp3) is 0.417. The molecule has 186 valence electrons. The van der Waals surface area contributed by atoms with E-state index in [1.165, 1.54) is 19.0 Å². The topological polar surface area (TPSA) is 90.0 Å². The average Bonchev–Trinajstić information content (AvgIpc) is 2.79. The van der Waals surface area contributed by atoms with E-state index in [0.29, 0.717) is 17.3 Å². The minimum atomic E-state index is -3.97. The number of rotatable bonds is 11. The summed E-state index contributed by atoms with van der Waals surface area (Å²) >= 11 is 6.12. The fourth-order valence-corrected chi connectivity index (χ4v) is 4.45. The van der Waals surface area contributed by atoms with Crippen LogP contribution in [0.4, 0.5) is 5.69 Å². The SMILES string of the molecule is CC(C)CNC(=O)[C@H](C)N(Cc1cccc(Cl)c1)C(=O)CN(c1ccccc1)S(=O)(=O)N(C)C. The highest BCUT2D eigenvalue weighted by atomic mass is 35.5. The van der Waals surface area contributed by atoms with Crippen molar-refractivity contribution >= 4 is 39.3 Å². The van der Waals surface area contributed by atoms with Gasteiger partial charge >= 0.3 is 10.2 Å². The smallest absolute Gasteiger partial charge is 0.304 e. The number of halogens is 1. The molecule has 0 aliphatic carbocycles. The Kier molecular flexibility index (Phi) is 9.90. The number of anilines is 1. The van der Waals surface area contributed by atoms with E-state index in [0.717, 1.165) is 14.2 Å². The number of hydrogen-bond donors (Lipinski definition) is 1. The molecule has 0 aliphatic rings. The molecule has 0 spiro atoms. The predicted octanol–water partition coefficient (Wildman–Crippen LogP) is 3.14. The second-order valence-electron chi connectivity index (χ2n) is 8.60. The molecular weight excluding hydrogens is 476 g/mol. The molecule has 2 aromatic carbocycles. The Balaban J connectivity index is 2.40. The minimum Gasteiger partial charge on any atom is -0.354 e. The number of nitrogens with one attached hydrogen (secondary N) is 1. The van der Waals surface area contributed by atoms with E-state index in [2.05, 4.69) is 5.32 Å². The molecule has 0 aromatic heterocycles. The van der Waals surface area contributed by atoms with Crippen LogP contribution in [0, 0.1) is 5.92 Å². The van der Waals surface area contributed by atoms with Crippen molar-refractivity contribution in [2.24, 2.45) is 5.92 Å². The first-order chi connectivity index (χ1) is 15.9. The molecule has 0 heterocycles. The first-order valence-electron chi connectivity index (χ1n) is 11.0. The zero-order valence-electron chi connectivity index (χ0n) is 20.2. The lowest BCUT2D eigenvalue weighted by molar-refractivity contribution is -0.139. The number of carbonyl (C=O) groups is 2. The lowest BCUT2D eigenvalue weighted by Crippen LogP contribution is -2.52.